The number of anilines is 1. The molecule has 13 nitrogen and oxygen atoms in total. The number of ketones is 1. The van der Waals surface area contributed by atoms with Crippen molar-refractivity contribution in [3.63, 3.8) is 0 Å². The Morgan fingerprint density at radius 1 is 1.10 bits per heavy atom. The minimum atomic E-state index is -1.91. The van der Waals surface area contributed by atoms with E-state index in [0.717, 1.165) is 31.4 Å². The van der Waals surface area contributed by atoms with Gasteiger partial charge in [0.15, 0.2) is 22.3 Å². The van der Waals surface area contributed by atoms with Gasteiger partial charge in [0.05, 0.1) is 23.3 Å². The molecule has 7 rings (SSSR count). The molecule has 3 aromatic carbocycles. The number of hydrogen-bond donors (Lipinski definition) is 2. The number of Topliss-reactive ketones (excluding diaryl/α,β-unsaturated/α-hetero) is 1. The van der Waals surface area contributed by atoms with Crippen LogP contribution in [0.25, 0.3) is 33.0 Å². The van der Waals surface area contributed by atoms with E-state index in [4.69, 9.17) is 28.3 Å². The first-order chi connectivity index (χ1) is 28.4. The molecule has 0 saturated carbocycles. The van der Waals surface area contributed by atoms with Gasteiger partial charge in [-0.1, -0.05) is 45.1 Å². The van der Waals surface area contributed by atoms with Crippen LogP contribution in [-0.4, -0.2) is 78.4 Å². The van der Waals surface area contributed by atoms with Crippen molar-refractivity contribution in [2.24, 2.45) is 17.8 Å². The molecule has 4 aromatic rings. The molecule has 13 heteroatoms. The van der Waals surface area contributed by atoms with Crippen molar-refractivity contribution >= 4 is 56.3 Å². The largest absolute Gasteiger partial charge is 0.505 e. The topological polar surface area (TPSA) is 167 Å². The average Bonchev–Trinajstić information content (AvgIpc) is 3.45. The van der Waals surface area contributed by atoms with Gasteiger partial charge in [-0.15, -0.1) is 0 Å². The van der Waals surface area contributed by atoms with Crippen LogP contribution in [0.1, 0.15) is 88.7 Å². The number of fused-ring (bicyclic) bond motifs is 14. The zero-order valence-corrected chi connectivity index (χ0v) is 36.3. The molecule has 0 saturated heterocycles. The van der Waals surface area contributed by atoms with Crippen molar-refractivity contribution in [3.05, 3.63) is 81.3 Å². The van der Waals surface area contributed by atoms with Gasteiger partial charge in [-0.25, -0.2) is 4.98 Å². The van der Waals surface area contributed by atoms with E-state index in [9.17, 15) is 24.3 Å². The molecule has 6 atom stereocenters. The summed E-state index contributed by atoms with van der Waals surface area (Å²) in [5.41, 5.74) is 1.48. The van der Waals surface area contributed by atoms with Crippen molar-refractivity contribution in [1.82, 2.24) is 9.88 Å². The molecule has 60 heavy (non-hydrogen) atoms. The van der Waals surface area contributed by atoms with E-state index in [2.05, 4.69) is 24.1 Å². The molecule has 3 unspecified atom stereocenters. The number of phenols is 1. The highest BCUT2D eigenvalue weighted by atomic mass is 16.7. The van der Waals surface area contributed by atoms with E-state index in [1.807, 2.05) is 51.4 Å². The maximum absolute atomic E-state index is 14.6. The Labute approximate surface area is 350 Å². The summed E-state index contributed by atoms with van der Waals surface area (Å²) in [4.78, 5) is 62.1. The Morgan fingerprint density at radius 3 is 2.55 bits per heavy atom. The van der Waals surface area contributed by atoms with Gasteiger partial charge < -0.3 is 38.7 Å². The number of benzene rings is 3. The summed E-state index contributed by atoms with van der Waals surface area (Å²) in [6, 6.07) is 5.63. The number of carbonyl (C=O) groups is 3. The Bertz CT molecular complexity index is 2480. The minimum absolute atomic E-state index is 0.00492. The molecule has 3 aliphatic heterocycles. The Kier molecular flexibility index (Phi) is 13.2. The standard InChI is InChI=1S/C47H57N3O10/c1-25-14-11-15-28(4)46(55)49-39-41(53)36-35(38-44(39)59-33-24-31(17-12-20-50(8)9)18-19-32(33)48-38)37-43(29(5)40(36)52)60-47(7,45(37)54)57-21-13-16-27(3)42(58-30(6)51)34(56-10)23-26(2)22-25/h11,13-15,18-19,21,24-27,34,42,53H,12,16-17,20,22-23H2,1-10H3,(H,49,55)/b14-11+,21-13+,28-15-/t25?,26-,27-,34?,42?,47+/m1/s1. The smallest absolute Gasteiger partial charge is 0.312 e. The summed E-state index contributed by atoms with van der Waals surface area (Å²) in [6.07, 6.45) is 11.2. The first kappa shape index (κ1) is 44.0. The molecule has 4 heterocycles. The summed E-state index contributed by atoms with van der Waals surface area (Å²) >= 11 is 0. The third-order valence-electron chi connectivity index (χ3n) is 11.5. The number of ether oxygens (including phenoxy) is 4. The van der Waals surface area contributed by atoms with Gasteiger partial charge in [-0.3, -0.25) is 19.2 Å². The van der Waals surface area contributed by atoms with Crippen LogP contribution < -0.4 is 15.5 Å². The number of esters is 1. The number of aromatic hydroxyl groups is 1. The highest BCUT2D eigenvalue weighted by Crippen LogP contribution is 2.48. The second kappa shape index (κ2) is 18.0. The third kappa shape index (κ3) is 8.97. The summed E-state index contributed by atoms with van der Waals surface area (Å²) < 4.78 is 30.5. The SMILES string of the molecule is COC1C[C@H](C)CC(C)/C=C/C=C(/C)C(=O)Nc2c(O)c3c(=O)c(C)c4c(c3c3nc5ccc(CCCN(C)C)cc5oc23)C(=O)[C@@](C)(O/C=C/C[C@@H](C)C1OC(C)=O)O4. The number of amides is 1. The van der Waals surface area contributed by atoms with Crippen LogP contribution in [0, 0.1) is 24.7 Å². The van der Waals surface area contributed by atoms with E-state index < -0.39 is 40.7 Å². The van der Waals surface area contributed by atoms with E-state index in [-0.39, 0.29) is 68.3 Å². The molecule has 0 aliphatic carbocycles. The number of rotatable bonds is 6. The fourth-order valence-corrected chi connectivity index (χ4v) is 8.27. The molecule has 1 aromatic heterocycles. The number of carbonyl (C=O) groups excluding carboxylic acids is 3. The fourth-order valence-electron chi connectivity index (χ4n) is 8.27. The van der Waals surface area contributed by atoms with Crippen LogP contribution in [-0.2, 0) is 30.2 Å². The molecular formula is C47H57N3O10. The Hall–Kier alpha value is -5.53. The van der Waals surface area contributed by atoms with Gasteiger partial charge in [0, 0.05) is 37.5 Å². The summed E-state index contributed by atoms with van der Waals surface area (Å²) in [5, 5.41) is 14.7. The van der Waals surface area contributed by atoms with Crippen molar-refractivity contribution in [2.75, 3.05) is 33.1 Å². The molecule has 5 bridgehead atoms. The molecule has 0 radical (unpaired) electrons. The van der Waals surface area contributed by atoms with Gasteiger partial charge in [-0.05, 0) is 108 Å². The first-order valence-corrected chi connectivity index (χ1v) is 20.6. The number of methoxy groups -OCH3 is 1. The zero-order chi connectivity index (χ0) is 43.6. The summed E-state index contributed by atoms with van der Waals surface area (Å²) in [6.45, 7) is 13.0. The average molecular weight is 824 g/mol. The fraction of sp³-hybridized carbons (Fsp3) is 0.468. The molecule has 0 fully saturated rings. The van der Waals surface area contributed by atoms with E-state index >= 15 is 0 Å². The van der Waals surface area contributed by atoms with Crippen LogP contribution in [0.3, 0.4) is 0 Å². The number of aryl methyl sites for hydroxylation is 1. The van der Waals surface area contributed by atoms with E-state index in [1.165, 1.54) is 27.0 Å². The van der Waals surface area contributed by atoms with Crippen LogP contribution in [0.5, 0.6) is 11.5 Å². The monoisotopic (exact) mass is 823 g/mol. The predicted molar refractivity (Wildman–Crippen MR) is 231 cm³/mol. The first-order valence-electron chi connectivity index (χ1n) is 20.6. The zero-order valence-electron chi connectivity index (χ0n) is 36.3. The van der Waals surface area contributed by atoms with Crippen molar-refractivity contribution in [1.29, 1.82) is 0 Å². The van der Waals surface area contributed by atoms with Crippen LogP contribution in [0.2, 0.25) is 0 Å². The predicted octanol–water partition coefficient (Wildman–Crippen LogP) is 8.30. The lowest BCUT2D eigenvalue weighted by molar-refractivity contribution is -0.159. The molecule has 3 aliphatic rings. The van der Waals surface area contributed by atoms with Gasteiger partial charge >= 0.3 is 11.8 Å². The van der Waals surface area contributed by atoms with E-state index in [1.54, 1.807) is 26.2 Å². The quantitative estimate of drug-likeness (QED) is 0.0828. The third-order valence-corrected chi connectivity index (χ3v) is 11.5. The summed E-state index contributed by atoms with van der Waals surface area (Å²) in [7, 11) is 5.64. The molecule has 0 spiro atoms. The lowest BCUT2D eigenvalue weighted by atomic mass is 9.87. The molecule has 1 amide bonds. The van der Waals surface area contributed by atoms with Crippen LogP contribution >= 0.6 is 0 Å². The van der Waals surface area contributed by atoms with Crippen molar-refractivity contribution in [3.8, 4) is 11.5 Å². The number of nitrogens with zero attached hydrogens (tertiary/aromatic N) is 2. The van der Waals surface area contributed by atoms with E-state index in [0.29, 0.717) is 29.5 Å². The molecule has 2 N–H and O–H groups in total. The highest BCUT2D eigenvalue weighted by Gasteiger charge is 2.49. The number of aromatic nitrogens is 1. The second-order valence-corrected chi connectivity index (χ2v) is 16.9. The number of phenolic OH excluding ortho intramolecular Hbond substituents is 1. The Morgan fingerprint density at radius 2 is 1.85 bits per heavy atom. The second-order valence-electron chi connectivity index (χ2n) is 16.9. The summed E-state index contributed by atoms with van der Waals surface area (Å²) in [5.74, 6) is -3.94. The van der Waals surface area contributed by atoms with Gasteiger partial charge in [-0.2, -0.15) is 0 Å². The van der Waals surface area contributed by atoms with Gasteiger partial charge in [0.1, 0.15) is 28.6 Å². The molecular weight excluding hydrogens is 767 g/mol. The Balaban J connectivity index is 1.54. The normalized spacial score (nSPS) is 26.2. The minimum Gasteiger partial charge on any atom is -0.505 e. The lowest BCUT2D eigenvalue weighted by Gasteiger charge is -2.32. The van der Waals surface area contributed by atoms with Gasteiger partial charge in [0.25, 0.3) is 11.7 Å². The van der Waals surface area contributed by atoms with Crippen LogP contribution in [0.15, 0.2) is 63.6 Å². The maximum atomic E-state index is 14.6. The van der Waals surface area contributed by atoms with Gasteiger partial charge in [0.2, 0.25) is 0 Å². The highest BCUT2D eigenvalue weighted by molar-refractivity contribution is 6.26. The van der Waals surface area contributed by atoms with Crippen molar-refractivity contribution in [2.45, 2.75) is 98.6 Å². The van der Waals surface area contributed by atoms with Crippen LogP contribution in [0.4, 0.5) is 5.69 Å². The number of hydrogen-bond acceptors (Lipinski definition) is 12. The lowest BCUT2D eigenvalue weighted by Crippen LogP contribution is -2.39. The maximum Gasteiger partial charge on any atom is 0.312 e. The number of nitrogens with one attached hydrogen (secondary N) is 1. The molecule has 320 valence electrons. The number of allylic oxidation sites excluding steroid dienone is 4. The van der Waals surface area contributed by atoms with Crippen molar-refractivity contribution < 1.29 is 42.9 Å².